The number of fused-ring (bicyclic) bond motifs is 1. The molecule has 0 unspecified atom stereocenters. The first-order valence-corrected chi connectivity index (χ1v) is 10.3. The zero-order chi connectivity index (χ0) is 20.7. The fourth-order valence-corrected chi connectivity index (χ4v) is 5.10. The predicted octanol–water partition coefficient (Wildman–Crippen LogP) is 2.63. The molecule has 0 spiro atoms. The average Bonchev–Trinajstić information content (AvgIpc) is 2.94. The van der Waals surface area contributed by atoms with Crippen LogP contribution in [0.15, 0.2) is 41.9 Å². The molecule has 0 fully saturated rings. The first-order valence-electron chi connectivity index (χ1n) is 8.78. The molecule has 7 nitrogen and oxygen atoms in total. The van der Waals surface area contributed by atoms with E-state index < -0.39 is 21.5 Å². The molecule has 28 heavy (non-hydrogen) atoms. The molecule has 3 rings (SSSR count). The van der Waals surface area contributed by atoms with E-state index in [4.69, 9.17) is 0 Å². The number of nitrogens with zero attached hydrogens (tertiary/aromatic N) is 2. The Morgan fingerprint density at radius 1 is 1.46 bits per heavy atom. The highest BCUT2D eigenvalue weighted by molar-refractivity contribution is 7.89. The Morgan fingerprint density at radius 2 is 2.18 bits per heavy atom. The molecule has 1 aliphatic heterocycles. The molecule has 1 aliphatic rings. The standard InChI is InChI=1S/C20H22N4O3S/c1-5-20(3)9-8-16-17(28(26,27)23-20)12-24(4)18(16)19(25)22-15-7-6-13(2)14(10-15)11-21/h5-7,10,12,23H,1,8-9H2,2-4H3,(H,22,25)/t20-/m0/s1. The lowest BCUT2D eigenvalue weighted by atomic mass is 9.94. The third-order valence-corrected chi connectivity index (χ3v) is 6.75. The van der Waals surface area contributed by atoms with E-state index in [1.54, 1.807) is 38.2 Å². The van der Waals surface area contributed by atoms with E-state index in [9.17, 15) is 18.5 Å². The van der Waals surface area contributed by atoms with Gasteiger partial charge in [0, 0.05) is 30.0 Å². The summed E-state index contributed by atoms with van der Waals surface area (Å²) in [7, 11) is -2.15. The van der Waals surface area contributed by atoms with Crippen LogP contribution in [0.2, 0.25) is 0 Å². The second-order valence-corrected chi connectivity index (χ2v) is 8.90. The van der Waals surface area contributed by atoms with Crippen molar-refractivity contribution in [3.8, 4) is 6.07 Å². The van der Waals surface area contributed by atoms with Crippen molar-refractivity contribution in [2.75, 3.05) is 5.32 Å². The van der Waals surface area contributed by atoms with Gasteiger partial charge in [-0.15, -0.1) is 6.58 Å². The number of nitrogens with one attached hydrogen (secondary N) is 2. The molecule has 0 bridgehead atoms. The van der Waals surface area contributed by atoms with Crippen LogP contribution in [0.1, 0.15) is 40.5 Å². The van der Waals surface area contributed by atoms with Crippen molar-refractivity contribution in [1.82, 2.24) is 9.29 Å². The van der Waals surface area contributed by atoms with Crippen LogP contribution in [0.25, 0.3) is 0 Å². The van der Waals surface area contributed by atoms with Crippen LogP contribution in [-0.4, -0.2) is 24.4 Å². The Bertz CT molecular complexity index is 1130. The summed E-state index contributed by atoms with van der Waals surface area (Å²) in [6.45, 7) is 7.31. The van der Waals surface area contributed by atoms with E-state index in [0.29, 0.717) is 29.7 Å². The fourth-order valence-electron chi connectivity index (χ4n) is 3.37. The minimum absolute atomic E-state index is 0.104. The molecule has 0 aliphatic carbocycles. The summed E-state index contributed by atoms with van der Waals surface area (Å²) in [5, 5.41) is 11.9. The maximum atomic E-state index is 13.0. The third-order valence-electron chi connectivity index (χ3n) is 5.08. The molecule has 2 heterocycles. The molecule has 0 saturated carbocycles. The Kier molecular flexibility index (Phi) is 4.91. The quantitative estimate of drug-likeness (QED) is 0.776. The van der Waals surface area contributed by atoms with Crippen molar-refractivity contribution in [2.24, 2.45) is 7.05 Å². The molecule has 1 aromatic carbocycles. The topological polar surface area (TPSA) is 104 Å². The second kappa shape index (κ2) is 6.93. The van der Waals surface area contributed by atoms with Gasteiger partial charge in [0.05, 0.1) is 11.6 Å². The van der Waals surface area contributed by atoms with Gasteiger partial charge in [-0.25, -0.2) is 13.1 Å². The molecule has 8 heteroatoms. The van der Waals surface area contributed by atoms with Gasteiger partial charge in [-0.1, -0.05) is 12.1 Å². The van der Waals surface area contributed by atoms with Gasteiger partial charge in [-0.2, -0.15) is 5.26 Å². The first kappa shape index (κ1) is 19.9. The van der Waals surface area contributed by atoms with Gasteiger partial charge in [-0.3, -0.25) is 4.79 Å². The lowest BCUT2D eigenvalue weighted by Crippen LogP contribution is -2.42. The van der Waals surface area contributed by atoms with Crippen molar-refractivity contribution < 1.29 is 13.2 Å². The van der Waals surface area contributed by atoms with Gasteiger partial charge < -0.3 is 9.88 Å². The van der Waals surface area contributed by atoms with Gasteiger partial charge in [0.2, 0.25) is 10.0 Å². The fraction of sp³-hybridized carbons (Fsp3) is 0.300. The van der Waals surface area contributed by atoms with Crippen LogP contribution < -0.4 is 10.0 Å². The monoisotopic (exact) mass is 398 g/mol. The number of sulfonamides is 1. The average molecular weight is 398 g/mol. The minimum atomic E-state index is -3.79. The van der Waals surface area contributed by atoms with Crippen molar-refractivity contribution in [3.05, 3.63) is 59.4 Å². The number of rotatable bonds is 3. The highest BCUT2D eigenvalue weighted by Crippen LogP contribution is 2.31. The molecular formula is C20H22N4O3S. The van der Waals surface area contributed by atoms with Crippen molar-refractivity contribution in [1.29, 1.82) is 5.26 Å². The number of carbonyl (C=O) groups excluding carboxylic acids is 1. The largest absolute Gasteiger partial charge is 0.345 e. The van der Waals surface area contributed by atoms with E-state index in [1.165, 1.54) is 10.8 Å². The Balaban J connectivity index is 2.01. The van der Waals surface area contributed by atoms with Gasteiger partial charge in [0.15, 0.2) is 0 Å². The lowest BCUT2D eigenvalue weighted by Gasteiger charge is -2.24. The Morgan fingerprint density at radius 3 is 2.82 bits per heavy atom. The molecule has 0 saturated heterocycles. The zero-order valence-electron chi connectivity index (χ0n) is 16.0. The summed E-state index contributed by atoms with van der Waals surface area (Å²) in [6, 6.07) is 7.15. The molecule has 1 atom stereocenters. The molecular weight excluding hydrogens is 376 g/mol. The molecule has 146 valence electrons. The van der Waals surface area contributed by atoms with Crippen LogP contribution in [0, 0.1) is 18.3 Å². The van der Waals surface area contributed by atoms with E-state index in [2.05, 4.69) is 22.7 Å². The van der Waals surface area contributed by atoms with Crippen LogP contribution in [-0.2, 0) is 23.5 Å². The molecule has 1 aromatic heterocycles. The summed E-state index contributed by atoms with van der Waals surface area (Å²) in [6.07, 6.45) is 3.92. The minimum Gasteiger partial charge on any atom is -0.345 e. The summed E-state index contributed by atoms with van der Waals surface area (Å²) in [4.78, 5) is 13.1. The number of benzene rings is 1. The van der Waals surface area contributed by atoms with Gasteiger partial charge in [-0.05, 0) is 44.4 Å². The number of aromatic nitrogens is 1. The van der Waals surface area contributed by atoms with Gasteiger partial charge >= 0.3 is 0 Å². The zero-order valence-corrected chi connectivity index (χ0v) is 16.9. The van der Waals surface area contributed by atoms with Crippen LogP contribution in [0.5, 0.6) is 0 Å². The maximum absolute atomic E-state index is 13.0. The van der Waals surface area contributed by atoms with Gasteiger partial charge in [0.1, 0.15) is 10.6 Å². The van der Waals surface area contributed by atoms with Crippen molar-refractivity contribution in [3.63, 3.8) is 0 Å². The maximum Gasteiger partial charge on any atom is 0.272 e. The van der Waals surface area contributed by atoms with Crippen molar-refractivity contribution >= 4 is 21.6 Å². The number of anilines is 1. The van der Waals surface area contributed by atoms with E-state index in [-0.39, 0.29) is 10.6 Å². The summed E-state index contributed by atoms with van der Waals surface area (Å²) < 4.78 is 29.8. The SMILES string of the molecule is C=C[C@@]1(C)CCc2c(cn(C)c2C(=O)Nc2ccc(C)c(C#N)c2)S(=O)(=O)N1. The smallest absolute Gasteiger partial charge is 0.272 e. The number of hydrogen-bond donors (Lipinski definition) is 2. The number of nitriles is 1. The number of aryl methyl sites for hydroxylation is 2. The highest BCUT2D eigenvalue weighted by atomic mass is 32.2. The molecule has 2 N–H and O–H groups in total. The summed E-state index contributed by atoms with van der Waals surface area (Å²) in [5.41, 5.74) is 1.74. The van der Waals surface area contributed by atoms with E-state index in [1.807, 2.05) is 6.92 Å². The van der Waals surface area contributed by atoms with Crippen LogP contribution in [0.4, 0.5) is 5.69 Å². The first-order chi connectivity index (χ1) is 13.1. The van der Waals surface area contributed by atoms with E-state index in [0.717, 1.165) is 5.56 Å². The van der Waals surface area contributed by atoms with Gasteiger partial charge in [0.25, 0.3) is 5.91 Å². The number of amides is 1. The lowest BCUT2D eigenvalue weighted by molar-refractivity contribution is 0.101. The Hall–Kier alpha value is -2.89. The van der Waals surface area contributed by atoms with E-state index >= 15 is 0 Å². The van der Waals surface area contributed by atoms with Crippen LogP contribution >= 0.6 is 0 Å². The van der Waals surface area contributed by atoms with Crippen molar-refractivity contribution in [2.45, 2.75) is 37.1 Å². The number of hydrogen-bond acceptors (Lipinski definition) is 4. The predicted molar refractivity (Wildman–Crippen MR) is 107 cm³/mol. The normalized spacial score (nSPS) is 20.5. The Labute approximate surface area is 164 Å². The molecule has 0 radical (unpaired) electrons. The highest BCUT2D eigenvalue weighted by Gasteiger charge is 2.36. The second-order valence-electron chi connectivity index (χ2n) is 7.25. The summed E-state index contributed by atoms with van der Waals surface area (Å²) in [5.74, 6) is -0.422. The number of carbonyl (C=O) groups is 1. The van der Waals surface area contributed by atoms with Crippen LogP contribution in [0.3, 0.4) is 0 Å². The molecule has 1 amide bonds. The molecule has 2 aromatic rings. The third kappa shape index (κ3) is 3.46. The summed E-state index contributed by atoms with van der Waals surface area (Å²) >= 11 is 0.